The highest BCUT2D eigenvalue weighted by atomic mass is 35.5. The van der Waals surface area contributed by atoms with Crippen LogP contribution in [0.1, 0.15) is 51.5 Å². The Morgan fingerprint density at radius 1 is 1.11 bits per heavy atom. The lowest BCUT2D eigenvalue weighted by molar-refractivity contribution is -0.136. The number of nitrogens with one attached hydrogen (secondary N) is 1. The summed E-state index contributed by atoms with van der Waals surface area (Å²) in [6, 6.07) is 8.48. The van der Waals surface area contributed by atoms with Gasteiger partial charge >= 0.3 is 0 Å². The molecule has 3 rings (SSSR count). The van der Waals surface area contributed by atoms with Gasteiger partial charge in [-0.15, -0.1) is 12.4 Å². The zero-order valence-electron chi connectivity index (χ0n) is 20.7. The first-order chi connectivity index (χ1) is 16.9. The predicted molar refractivity (Wildman–Crippen MR) is 138 cm³/mol. The Morgan fingerprint density at radius 2 is 1.75 bits per heavy atom. The van der Waals surface area contributed by atoms with Gasteiger partial charge in [-0.3, -0.25) is 15.0 Å². The normalized spacial score (nSPS) is 18.8. The fraction of sp³-hybridized carbons (Fsp3) is 0.520. The fourth-order valence-electron chi connectivity index (χ4n) is 4.51. The molecular formula is C25H36ClN3O6S. The lowest BCUT2D eigenvalue weighted by Crippen LogP contribution is -2.53. The third-order valence-corrected chi connectivity index (χ3v) is 8.08. The van der Waals surface area contributed by atoms with Crippen molar-refractivity contribution < 1.29 is 27.9 Å². The summed E-state index contributed by atoms with van der Waals surface area (Å²) in [5.74, 6) is -0.461. The number of halogens is 1. The van der Waals surface area contributed by atoms with Gasteiger partial charge in [-0.2, -0.15) is 4.31 Å². The molecule has 9 nitrogen and oxygen atoms in total. The number of carbonyl (C=O) groups is 1. The minimum absolute atomic E-state index is 0. The summed E-state index contributed by atoms with van der Waals surface area (Å²) in [4.78, 5) is 17.0. The van der Waals surface area contributed by atoms with Gasteiger partial charge in [0.2, 0.25) is 10.0 Å². The van der Waals surface area contributed by atoms with Crippen LogP contribution in [-0.2, 0) is 26.1 Å². The van der Waals surface area contributed by atoms with Crippen LogP contribution < -0.4 is 10.2 Å². The molecule has 0 aliphatic heterocycles. The molecule has 1 aliphatic carbocycles. The number of rotatable bonds is 12. The number of ether oxygens (including phenoxy) is 2. The van der Waals surface area contributed by atoms with Gasteiger partial charge in [-0.25, -0.2) is 13.9 Å². The Kier molecular flexibility index (Phi) is 12.1. The van der Waals surface area contributed by atoms with E-state index in [-0.39, 0.29) is 35.9 Å². The number of sulfonamides is 1. The van der Waals surface area contributed by atoms with Gasteiger partial charge in [0.1, 0.15) is 11.8 Å². The predicted octanol–water partition coefficient (Wildman–Crippen LogP) is 3.95. The zero-order chi connectivity index (χ0) is 25.3. The van der Waals surface area contributed by atoms with E-state index < -0.39 is 22.0 Å². The van der Waals surface area contributed by atoms with Crippen molar-refractivity contribution in [3.8, 4) is 5.75 Å². The van der Waals surface area contributed by atoms with E-state index in [4.69, 9.17) is 9.47 Å². The van der Waals surface area contributed by atoms with E-state index in [1.165, 1.54) is 16.4 Å². The molecule has 0 saturated heterocycles. The van der Waals surface area contributed by atoms with Crippen molar-refractivity contribution in [2.24, 2.45) is 5.92 Å². The smallest absolute Gasteiger partial charge is 0.262 e. The number of amides is 1. The lowest BCUT2D eigenvalue weighted by Gasteiger charge is -2.38. The quantitative estimate of drug-likeness (QED) is 0.308. The number of hydrogen-bond donors (Lipinski definition) is 2. The Labute approximate surface area is 219 Å². The van der Waals surface area contributed by atoms with Crippen molar-refractivity contribution in [2.75, 3.05) is 13.2 Å². The molecule has 11 heteroatoms. The van der Waals surface area contributed by atoms with E-state index in [2.05, 4.69) is 11.9 Å². The van der Waals surface area contributed by atoms with Gasteiger partial charge in [-0.05, 0) is 86.9 Å². The first kappa shape index (κ1) is 30.0. The molecule has 1 aliphatic rings. The van der Waals surface area contributed by atoms with Crippen LogP contribution in [-0.4, -0.2) is 54.2 Å². The maximum Gasteiger partial charge on any atom is 0.262 e. The molecule has 2 aromatic rings. The molecule has 1 aromatic carbocycles. The van der Waals surface area contributed by atoms with Gasteiger partial charge in [0.25, 0.3) is 5.91 Å². The Balaban J connectivity index is 0.00000456. The van der Waals surface area contributed by atoms with Crippen molar-refractivity contribution in [1.82, 2.24) is 14.8 Å². The number of hydrogen-bond acceptors (Lipinski definition) is 7. The number of benzene rings is 1. The number of hydroxylamine groups is 1. The molecule has 1 saturated carbocycles. The monoisotopic (exact) mass is 541 g/mol. The van der Waals surface area contributed by atoms with Crippen molar-refractivity contribution in [3.63, 3.8) is 0 Å². The van der Waals surface area contributed by atoms with Crippen LogP contribution in [0, 0.1) is 5.92 Å². The molecular weight excluding hydrogens is 506 g/mol. The maximum atomic E-state index is 13.9. The summed E-state index contributed by atoms with van der Waals surface area (Å²) in [6.07, 6.45) is 6.85. The largest absolute Gasteiger partial charge is 0.494 e. The van der Waals surface area contributed by atoms with E-state index in [1.54, 1.807) is 42.1 Å². The summed E-state index contributed by atoms with van der Waals surface area (Å²) in [6.45, 7) is 5.00. The van der Waals surface area contributed by atoms with Crippen molar-refractivity contribution >= 4 is 28.3 Å². The molecule has 1 heterocycles. The summed E-state index contributed by atoms with van der Waals surface area (Å²) < 4.78 is 40.3. The molecule has 0 bridgehead atoms. The second-order valence-corrected chi connectivity index (χ2v) is 10.5. The van der Waals surface area contributed by atoms with E-state index in [9.17, 15) is 18.4 Å². The first-order valence-electron chi connectivity index (χ1n) is 12.1. The van der Waals surface area contributed by atoms with Crippen molar-refractivity contribution in [3.05, 3.63) is 54.4 Å². The first-order valence-corrected chi connectivity index (χ1v) is 13.5. The molecule has 1 fully saturated rings. The molecule has 0 radical (unpaired) electrons. The van der Waals surface area contributed by atoms with Crippen LogP contribution in [0.25, 0.3) is 0 Å². The second-order valence-electron chi connectivity index (χ2n) is 8.64. The highest BCUT2D eigenvalue weighted by molar-refractivity contribution is 7.89. The molecule has 200 valence electrons. The fourth-order valence-corrected chi connectivity index (χ4v) is 6.15. The van der Waals surface area contributed by atoms with Gasteiger partial charge in [-0.1, -0.05) is 6.92 Å². The van der Waals surface area contributed by atoms with Crippen LogP contribution in [0.15, 0.2) is 53.7 Å². The van der Waals surface area contributed by atoms with Crippen LogP contribution in [0.2, 0.25) is 0 Å². The third kappa shape index (κ3) is 7.63. The number of pyridine rings is 1. The Hall–Kier alpha value is -2.24. The summed E-state index contributed by atoms with van der Waals surface area (Å²) in [5.41, 5.74) is 2.40. The van der Waals surface area contributed by atoms with Gasteiger partial charge in [0.15, 0.2) is 0 Å². The topological polar surface area (TPSA) is 118 Å². The van der Waals surface area contributed by atoms with Crippen LogP contribution in [0.4, 0.5) is 0 Å². The second kappa shape index (κ2) is 14.5. The van der Waals surface area contributed by atoms with Gasteiger partial charge in [0.05, 0.1) is 17.6 Å². The molecule has 2 N–H and O–H groups in total. The van der Waals surface area contributed by atoms with E-state index >= 15 is 0 Å². The standard InChI is InChI=1S/C25H35N3O6S.ClH/c1-3-17-34-22-7-5-20(6-8-22)24(25(29)27-30)28(18-19-13-15-26-16-14-19)35(31,32)23-11-9-21(10-12-23)33-4-2;/h9-16,20,22,24,30H,3-8,17-18H2,1-2H3,(H,27,29);1H/t20-,22-,24?;. The highest BCUT2D eigenvalue weighted by Crippen LogP contribution is 2.34. The van der Waals surface area contributed by atoms with Crippen LogP contribution >= 0.6 is 12.4 Å². The van der Waals surface area contributed by atoms with E-state index in [0.29, 0.717) is 37.4 Å². The summed E-state index contributed by atoms with van der Waals surface area (Å²) in [5, 5.41) is 9.58. The molecule has 0 spiro atoms. The molecule has 1 aromatic heterocycles. The number of nitrogens with zero attached hydrogens (tertiary/aromatic N) is 2. The third-order valence-electron chi connectivity index (χ3n) is 6.24. The van der Waals surface area contributed by atoms with E-state index in [1.807, 2.05) is 6.92 Å². The summed E-state index contributed by atoms with van der Waals surface area (Å²) in [7, 11) is -4.11. The Bertz CT molecular complexity index is 1030. The average Bonchev–Trinajstić information content (AvgIpc) is 2.88. The van der Waals surface area contributed by atoms with Crippen molar-refractivity contribution in [1.29, 1.82) is 0 Å². The van der Waals surface area contributed by atoms with Crippen LogP contribution in [0.3, 0.4) is 0 Å². The van der Waals surface area contributed by atoms with Gasteiger partial charge in [0, 0.05) is 25.5 Å². The molecule has 36 heavy (non-hydrogen) atoms. The highest BCUT2D eigenvalue weighted by Gasteiger charge is 2.42. The molecule has 1 amide bonds. The lowest BCUT2D eigenvalue weighted by atomic mass is 9.82. The molecule has 1 unspecified atom stereocenters. The number of aromatic nitrogens is 1. The maximum absolute atomic E-state index is 13.9. The minimum atomic E-state index is -4.11. The zero-order valence-corrected chi connectivity index (χ0v) is 22.3. The average molecular weight is 542 g/mol. The summed E-state index contributed by atoms with van der Waals surface area (Å²) >= 11 is 0. The number of carbonyl (C=O) groups excluding carboxylic acids is 1. The van der Waals surface area contributed by atoms with Crippen molar-refractivity contribution in [2.45, 2.75) is 69.5 Å². The van der Waals surface area contributed by atoms with Crippen LogP contribution in [0.5, 0.6) is 5.75 Å². The van der Waals surface area contributed by atoms with E-state index in [0.717, 1.165) is 19.3 Å². The Morgan fingerprint density at radius 3 is 2.31 bits per heavy atom. The minimum Gasteiger partial charge on any atom is -0.494 e. The SMILES string of the molecule is CCCO[C@H]1CC[C@H](C(C(=O)NO)N(Cc2ccncc2)S(=O)(=O)c2ccc(OCC)cc2)CC1.Cl. The van der Waals surface area contributed by atoms with Gasteiger partial charge < -0.3 is 9.47 Å². The molecule has 1 atom stereocenters.